The third-order valence-electron chi connectivity index (χ3n) is 2.86. The van der Waals surface area contributed by atoms with Gasteiger partial charge in [0.05, 0.1) is 0 Å². The Morgan fingerprint density at radius 2 is 1.67 bits per heavy atom. The number of carbonyl (C=O) groups is 3. The third-order valence-corrected chi connectivity index (χ3v) is 2.86. The zero-order valence-electron chi connectivity index (χ0n) is 12.3. The molecular weight excluding hydrogens is 287 g/mol. The van der Waals surface area contributed by atoms with E-state index in [9.17, 15) is 18.8 Å². The lowest BCUT2D eigenvalue weighted by atomic mass is 10.0. The Balaban J connectivity index is 2.89. The van der Waals surface area contributed by atoms with Gasteiger partial charge in [-0.3, -0.25) is 14.4 Å². The van der Waals surface area contributed by atoms with E-state index in [0.717, 1.165) is 13.8 Å². The Morgan fingerprint density at radius 3 is 2.10 bits per heavy atom. The van der Waals surface area contributed by atoms with E-state index in [4.69, 9.17) is 18.9 Å². The van der Waals surface area contributed by atoms with Crippen molar-refractivity contribution < 1.29 is 37.7 Å². The summed E-state index contributed by atoms with van der Waals surface area (Å²) in [6.07, 6.45) is -6.27. The summed E-state index contributed by atoms with van der Waals surface area (Å²) in [7, 11) is 0. The van der Waals surface area contributed by atoms with Crippen molar-refractivity contribution in [1.29, 1.82) is 0 Å². The lowest BCUT2D eigenvalue weighted by Gasteiger charge is -2.22. The molecule has 5 atom stereocenters. The van der Waals surface area contributed by atoms with E-state index in [1.165, 1.54) is 6.92 Å². The lowest BCUT2D eigenvalue weighted by molar-refractivity contribution is -0.201. The molecule has 0 bridgehead atoms. The predicted octanol–water partition coefficient (Wildman–Crippen LogP) is 0.886. The number of halogens is 1. The van der Waals surface area contributed by atoms with Gasteiger partial charge in [-0.25, -0.2) is 4.39 Å². The highest BCUT2D eigenvalue weighted by Crippen LogP contribution is 2.31. The number of rotatable bonds is 5. The van der Waals surface area contributed by atoms with Crippen molar-refractivity contribution in [2.24, 2.45) is 0 Å². The van der Waals surface area contributed by atoms with Crippen LogP contribution in [-0.2, 0) is 33.3 Å². The van der Waals surface area contributed by atoms with E-state index in [-0.39, 0.29) is 0 Å². The topological polar surface area (TPSA) is 88.1 Å². The Bertz CT molecular complexity index is 411. The fourth-order valence-electron chi connectivity index (χ4n) is 2.10. The number of hydrogen-bond acceptors (Lipinski definition) is 7. The van der Waals surface area contributed by atoms with Crippen LogP contribution >= 0.6 is 0 Å². The van der Waals surface area contributed by atoms with E-state index in [1.807, 2.05) is 0 Å². The van der Waals surface area contributed by atoms with E-state index < -0.39 is 48.7 Å². The van der Waals surface area contributed by atoms with Crippen LogP contribution in [0.2, 0.25) is 0 Å². The molecule has 120 valence electrons. The highest BCUT2D eigenvalue weighted by atomic mass is 19.1. The van der Waals surface area contributed by atoms with Crippen molar-refractivity contribution in [2.75, 3.05) is 0 Å². The summed E-state index contributed by atoms with van der Waals surface area (Å²) in [6, 6.07) is 0. The van der Waals surface area contributed by atoms with Gasteiger partial charge in [0.15, 0.2) is 12.3 Å². The number of esters is 3. The van der Waals surface area contributed by atoms with Gasteiger partial charge < -0.3 is 18.9 Å². The molecule has 1 aliphatic heterocycles. The second kappa shape index (κ2) is 7.35. The first kappa shape index (κ1) is 17.4. The molecule has 8 heteroatoms. The van der Waals surface area contributed by atoms with Crippen molar-refractivity contribution in [3.63, 3.8) is 0 Å². The first-order valence-electron chi connectivity index (χ1n) is 6.57. The van der Waals surface area contributed by atoms with Gasteiger partial charge in [0.25, 0.3) is 0 Å². The summed E-state index contributed by atoms with van der Waals surface area (Å²) in [5.41, 5.74) is 0. The van der Waals surface area contributed by atoms with Crippen LogP contribution in [0, 0.1) is 0 Å². The van der Waals surface area contributed by atoms with Crippen molar-refractivity contribution >= 4 is 17.9 Å². The second-order valence-electron chi connectivity index (χ2n) is 4.65. The molecule has 1 rings (SSSR count). The minimum absolute atomic E-state index is 0.296. The maximum atomic E-state index is 14.4. The van der Waals surface area contributed by atoms with Gasteiger partial charge in [-0.2, -0.15) is 0 Å². The number of alkyl halides is 1. The summed E-state index contributed by atoms with van der Waals surface area (Å²) in [5, 5.41) is 0. The van der Waals surface area contributed by atoms with Crippen molar-refractivity contribution in [3.8, 4) is 0 Å². The van der Waals surface area contributed by atoms with Crippen LogP contribution in [0.15, 0.2) is 0 Å². The van der Waals surface area contributed by atoms with E-state index in [2.05, 4.69) is 0 Å². The van der Waals surface area contributed by atoms with Gasteiger partial charge in [0, 0.05) is 20.8 Å². The fourth-order valence-corrected chi connectivity index (χ4v) is 2.10. The maximum absolute atomic E-state index is 14.4. The summed E-state index contributed by atoms with van der Waals surface area (Å²) in [5.74, 6) is -2.02. The Morgan fingerprint density at radius 1 is 1.10 bits per heavy atom. The molecule has 1 heterocycles. The van der Waals surface area contributed by atoms with Gasteiger partial charge in [0.2, 0.25) is 6.29 Å². The molecule has 0 aliphatic carbocycles. The van der Waals surface area contributed by atoms with Crippen LogP contribution in [0.25, 0.3) is 0 Å². The molecule has 0 radical (unpaired) electrons. The highest BCUT2D eigenvalue weighted by Gasteiger charge is 2.52. The first-order chi connectivity index (χ1) is 9.76. The maximum Gasteiger partial charge on any atom is 0.305 e. The average Bonchev–Trinajstić information content (AvgIpc) is 2.63. The van der Waals surface area contributed by atoms with Gasteiger partial charge in [-0.1, -0.05) is 6.92 Å². The second-order valence-corrected chi connectivity index (χ2v) is 4.65. The highest BCUT2D eigenvalue weighted by molar-refractivity contribution is 5.67. The Labute approximate surface area is 121 Å². The van der Waals surface area contributed by atoms with Gasteiger partial charge >= 0.3 is 17.9 Å². The molecule has 0 amide bonds. The minimum atomic E-state index is -1.78. The zero-order valence-corrected chi connectivity index (χ0v) is 12.3. The average molecular weight is 306 g/mol. The van der Waals surface area contributed by atoms with E-state index in [1.54, 1.807) is 6.92 Å². The molecule has 0 N–H and O–H groups in total. The van der Waals surface area contributed by atoms with Crippen LogP contribution in [0.1, 0.15) is 34.1 Å². The van der Waals surface area contributed by atoms with Crippen LogP contribution in [-0.4, -0.2) is 48.7 Å². The molecule has 1 aliphatic rings. The van der Waals surface area contributed by atoms with Crippen molar-refractivity contribution in [3.05, 3.63) is 0 Å². The van der Waals surface area contributed by atoms with Crippen LogP contribution in [0.4, 0.5) is 4.39 Å². The molecule has 0 saturated carbocycles. The van der Waals surface area contributed by atoms with Gasteiger partial charge in [-0.05, 0) is 6.42 Å². The summed E-state index contributed by atoms with van der Waals surface area (Å²) >= 11 is 0. The van der Waals surface area contributed by atoms with Crippen LogP contribution in [0.3, 0.4) is 0 Å². The quantitative estimate of drug-likeness (QED) is 0.550. The number of carbonyl (C=O) groups excluding carboxylic acids is 3. The standard InChI is InChI=1S/C13H19FO7/c1-5-9(18-6(2)15)11-10(14)12(19-7(3)16)13(21-11)20-8(4)17/h9-13H,5H2,1-4H3/t9?,10-,11+,12+,13?/m0/s1. The van der Waals surface area contributed by atoms with Crippen molar-refractivity contribution in [2.45, 2.75) is 64.9 Å². The summed E-state index contributed by atoms with van der Waals surface area (Å²) in [4.78, 5) is 33.1. The fraction of sp³-hybridized carbons (Fsp3) is 0.769. The first-order valence-corrected chi connectivity index (χ1v) is 6.57. The lowest BCUT2D eigenvalue weighted by Crippen LogP contribution is -2.39. The molecule has 0 spiro atoms. The van der Waals surface area contributed by atoms with Gasteiger partial charge in [0.1, 0.15) is 12.2 Å². The summed E-state index contributed by atoms with van der Waals surface area (Å²) < 4.78 is 34.3. The number of hydrogen-bond donors (Lipinski definition) is 0. The van der Waals surface area contributed by atoms with E-state index >= 15 is 0 Å². The van der Waals surface area contributed by atoms with Crippen molar-refractivity contribution in [1.82, 2.24) is 0 Å². The molecular formula is C13H19FO7. The smallest absolute Gasteiger partial charge is 0.305 e. The molecule has 1 saturated heterocycles. The van der Waals surface area contributed by atoms with E-state index in [0.29, 0.717) is 6.42 Å². The van der Waals surface area contributed by atoms with Crippen LogP contribution < -0.4 is 0 Å². The monoisotopic (exact) mass is 306 g/mol. The summed E-state index contributed by atoms with van der Waals surface area (Å²) in [6.45, 7) is 5.11. The Kier molecular flexibility index (Phi) is 6.07. The zero-order chi connectivity index (χ0) is 16.2. The molecule has 2 unspecified atom stereocenters. The SMILES string of the molecule is CCC(OC(C)=O)[C@H]1OC(OC(C)=O)[C@H](OC(C)=O)[C@H]1F. The molecule has 0 aromatic heterocycles. The number of ether oxygens (including phenoxy) is 4. The predicted molar refractivity (Wildman–Crippen MR) is 66.7 cm³/mol. The molecule has 0 aromatic carbocycles. The van der Waals surface area contributed by atoms with Gasteiger partial charge in [-0.15, -0.1) is 0 Å². The largest absolute Gasteiger partial charge is 0.460 e. The molecule has 1 fully saturated rings. The molecule has 21 heavy (non-hydrogen) atoms. The molecule has 0 aromatic rings. The van der Waals surface area contributed by atoms with Crippen LogP contribution in [0.5, 0.6) is 0 Å². The Hall–Kier alpha value is -1.70. The minimum Gasteiger partial charge on any atom is -0.460 e. The molecule has 7 nitrogen and oxygen atoms in total. The third kappa shape index (κ3) is 4.66. The normalized spacial score (nSPS) is 29.6.